The number of imide groups is 1. The highest BCUT2D eigenvalue weighted by Crippen LogP contribution is 2.35. The van der Waals surface area contributed by atoms with Gasteiger partial charge in [0.05, 0.1) is 11.8 Å². The van der Waals surface area contributed by atoms with Crippen molar-refractivity contribution in [2.75, 3.05) is 6.54 Å². The number of amides is 4. The van der Waals surface area contributed by atoms with Crippen molar-refractivity contribution in [1.82, 2.24) is 15.1 Å². The Labute approximate surface area is 229 Å². The lowest BCUT2D eigenvalue weighted by molar-refractivity contribution is -0.144. The molecule has 4 amide bonds. The maximum Gasteiger partial charge on any atom is 0.243 e. The first-order chi connectivity index (χ1) is 18.8. The van der Waals surface area contributed by atoms with E-state index in [1.807, 2.05) is 56.3 Å². The van der Waals surface area contributed by atoms with Gasteiger partial charge in [0.1, 0.15) is 11.9 Å². The molecule has 2 aromatic rings. The quantitative estimate of drug-likeness (QED) is 0.349. The van der Waals surface area contributed by atoms with Crippen LogP contribution in [0.3, 0.4) is 0 Å². The van der Waals surface area contributed by atoms with Crippen molar-refractivity contribution in [1.29, 1.82) is 0 Å². The summed E-state index contributed by atoms with van der Waals surface area (Å²) in [5.74, 6) is -2.22. The predicted molar refractivity (Wildman–Crippen MR) is 145 cm³/mol. The van der Waals surface area contributed by atoms with E-state index in [9.17, 15) is 23.6 Å². The van der Waals surface area contributed by atoms with Crippen molar-refractivity contribution in [2.45, 2.75) is 64.6 Å². The summed E-state index contributed by atoms with van der Waals surface area (Å²) in [7, 11) is 0. The Balaban J connectivity index is 1.58. The number of nitrogens with one attached hydrogen (secondary N) is 1. The van der Waals surface area contributed by atoms with E-state index in [0.29, 0.717) is 18.4 Å². The molecule has 206 valence electrons. The fourth-order valence-corrected chi connectivity index (χ4v) is 5.22. The summed E-state index contributed by atoms with van der Waals surface area (Å²) in [4.78, 5) is 55.9. The van der Waals surface area contributed by atoms with E-state index in [0.717, 1.165) is 12.0 Å². The minimum atomic E-state index is -0.837. The number of nitrogens with zero attached hydrogens (tertiary/aromatic N) is 2. The molecule has 1 aliphatic carbocycles. The van der Waals surface area contributed by atoms with Crippen molar-refractivity contribution in [3.05, 3.63) is 83.7 Å². The molecule has 0 spiro atoms. The van der Waals surface area contributed by atoms with Crippen LogP contribution in [0.5, 0.6) is 0 Å². The fraction of sp³-hybridized carbons (Fsp3) is 0.419. The Morgan fingerprint density at radius 3 is 2.18 bits per heavy atom. The van der Waals surface area contributed by atoms with Gasteiger partial charge >= 0.3 is 0 Å². The third kappa shape index (κ3) is 6.80. The molecule has 0 bridgehead atoms. The number of hydrogen-bond donors (Lipinski definition) is 1. The van der Waals surface area contributed by atoms with Crippen LogP contribution < -0.4 is 5.32 Å². The Hall–Kier alpha value is -3.81. The molecule has 1 saturated heterocycles. The molecule has 2 aliphatic rings. The maximum absolute atomic E-state index is 13.8. The zero-order valence-electron chi connectivity index (χ0n) is 22.5. The SMILES string of the molecule is CC[C@@H](C)NC(=O)[C@H](Cc1ccccc1)N(Cc1ccc(F)cc1)C(=O)CCN1C(=O)[C@H]2CC=CC[C@H]2C1=O. The van der Waals surface area contributed by atoms with Crippen LogP contribution in [0.2, 0.25) is 0 Å². The molecule has 2 aromatic carbocycles. The van der Waals surface area contributed by atoms with Crippen LogP contribution in [0.15, 0.2) is 66.7 Å². The molecule has 1 fully saturated rings. The largest absolute Gasteiger partial charge is 0.352 e. The van der Waals surface area contributed by atoms with E-state index in [1.165, 1.54) is 21.9 Å². The molecule has 0 aromatic heterocycles. The number of allylic oxidation sites excluding steroid dienone is 2. The van der Waals surface area contributed by atoms with Gasteiger partial charge < -0.3 is 10.2 Å². The van der Waals surface area contributed by atoms with Gasteiger partial charge in [0.25, 0.3) is 0 Å². The van der Waals surface area contributed by atoms with Gasteiger partial charge in [-0.1, -0.05) is 61.5 Å². The Morgan fingerprint density at radius 1 is 0.974 bits per heavy atom. The lowest BCUT2D eigenvalue weighted by Crippen LogP contribution is -2.52. The topological polar surface area (TPSA) is 86.8 Å². The van der Waals surface area contributed by atoms with E-state index in [4.69, 9.17) is 0 Å². The van der Waals surface area contributed by atoms with Crippen molar-refractivity contribution in [2.24, 2.45) is 11.8 Å². The molecule has 0 saturated carbocycles. The lowest BCUT2D eigenvalue weighted by Gasteiger charge is -2.32. The van der Waals surface area contributed by atoms with Crippen LogP contribution in [-0.4, -0.2) is 52.1 Å². The molecule has 0 unspecified atom stereocenters. The van der Waals surface area contributed by atoms with Crippen molar-refractivity contribution in [3.63, 3.8) is 0 Å². The monoisotopic (exact) mass is 533 g/mol. The van der Waals surface area contributed by atoms with Gasteiger partial charge in [-0.25, -0.2) is 4.39 Å². The molecule has 4 rings (SSSR count). The number of benzene rings is 2. The molecule has 8 heteroatoms. The van der Waals surface area contributed by atoms with Gasteiger partial charge in [-0.15, -0.1) is 0 Å². The van der Waals surface area contributed by atoms with E-state index in [2.05, 4.69) is 5.32 Å². The average molecular weight is 534 g/mol. The van der Waals surface area contributed by atoms with E-state index in [-0.39, 0.29) is 67.4 Å². The second kappa shape index (κ2) is 12.8. The molecular formula is C31H36FN3O4. The molecule has 1 aliphatic heterocycles. The highest BCUT2D eigenvalue weighted by molar-refractivity contribution is 6.05. The molecule has 4 atom stereocenters. The van der Waals surface area contributed by atoms with Gasteiger partial charge in [0.15, 0.2) is 0 Å². The molecule has 39 heavy (non-hydrogen) atoms. The van der Waals surface area contributed by atoms with E-state index < -0.39 is 11.9 Å². The number of carbonyl (C=O) groups excluding carboxylic acids is 4. The highest BCUT2D eigenvalue weighted by Gasteiger charge is 2.47. The molecule has 1 heterocycles. The lowest BCUT2D eigenvalue weighted by atomic mass is 9.85. The second-order valence-electron chi connectivity index (χ2n) is 10.4. The van der Waals surface area contributed by atoms with Gasteiger partial charge in [0.2, 0.25) is 23.6 Å². The standard InChI is InChI=1S/C31H36FN3O4/c1-3-21(2)33-29(37)27(19-22-9-5-4-6-10-22)35(20-23-13-15-24(32)16-14-23)28(36)17-18-34-30(38)25-11-7-8-12-26(25)31(34)39/h4-10,13-16,21,25-27H,3,11-12,17-20H2,1-2H3,(H,33,37)/t21-,25-,26+,27+/m1/s1. The van der Waals surface area contributed by atoms with Crippen LogP contribution in [0.25, 0.3) is 0 Å². The third-order valence-electron chi connectivity index (χ3n) is 7.69. The Bertz CT molecular complexity index is 1190. The van der Waals surface area contributed by atoms with Crippen LogP contribution in [0.1, 0.15) is 50.7 Å². The van der Waals surface area contributed by atoms with E-state index in [1.54, 1.807) is 12.1 Å². The summed E-state index contributed by atoms with van der Waals surface area (Å²) in [5.41, 5.74) is 1.56. The zero-order chi connectivity index (χ0) is 27.9. The van der Waals surface area contributed by atoms with Gasteiger partial charge in [-0.3, -0.25) is 24.1 Å². The number of halogens is 1. The maximum atomic E-state index is 13.8. The van der Waals surface area contributed by atoms with Gasteiger partial charge in [-0.05, 0) is 49.4 Å². The third-order valence-corrected chi connectivity index (χ3v) is 7.69. The number of carbonyl (C=O) groups is 4. The van der Waals surface area contributed by atoms with Crippen LogP contribution in [0, 0.1) is 17.7 Å². The fourth-order valence-electron chi connectivity index (χ4n) is 5.22. The summed E-state index contributed by atoms with van der Waals surface area (Å²) in [6.07, 6.45) is 5.83. The van der Waals surface area contributed by atoms with Crippen molar-refractivity contribution >= 4 is 23.6 Å². The van der Waals surface area contributed by atoms with Gasteiger partial charge in [-0.2, -0.15) is 0 Å². The minimum Gasteiger partial charge on any atom is -0.352 e. The van der Waals surface area contributed by atoms with E-state index >= 15 is 0 Å². The average Bonchev–Trinajstić information content (AvgIpc) is 3.19. The highest BCUT2D eigenvalue weighted by atomic mass is 19.1. The normalized spacial score (nSPS) is 19.9. The van der Waals surface area contributed by atoms with Crippen LogP contribution in [-0.2, 0) is 32.1 Å². The number of rotatable bonds is 11. The van der Waals surface area contributed by atoms with Crippen LogP contribution in [0.4, 0.5) is 4.39 Å². The van der Waals surface area contributed by atoms with Crippen molar-refractivity contribution < 1.29 is 23.6 Å². The molecule has 7 nitrogen and oxygen atoms in total. The van der Waals surface area contributed by atoms with Gasteiger partial charge in [0, 0.05) is 32.0 Å². The Kier molecular flexibility index (Phi) is 9.28. The first-order valence-corrected chi connectivity index (χ1v) is 13.7. The summed E-state index contributed by atoms with van der Waals surface area (Å²) in [6.45, 7) is 3.92. The minimum absolute atomic E-state index is 0.0333. The summed E-state index contributed by atoms with van der Waals surface area (Å²) in [6, 6.07) is 14.3. The predicted octanol–water partition coefficient (Wildman–Crippen LogP) is 4.02. The summed E-state index contributed by atoms with van der Waals surface area (Å²) >= 11 is 0. The molecule has 0 radical (unpaired) electrons. The summed E-state index contributed by atoms with van der Waals surface area (Å²) < 4.78 is 13.6. The second-order valence-corrected chi connectivity index (χ2v) is 10.4. The molecule has 1 N–H and O–H groups in total. The molecular weight excluding hydrogens is 497 g/mol. The smallest absolute Gasteiger partial charge is 0.243 e. The first kappa shape index (κ1) is 28.2. The number of hydrogen-bond acceptors (Lipinski definition) is 4. The number of fused-ring (bicyclic) bond motifs is 1. The zero-order valence-corrected chi connectivity index (χ0v) is 22.5. The van der Waals surface area contributed by atoms with Crippen LogP contribution >= 0.6 is 0 Å². The Morgan fingerprint density at radius 2 is 1.59 bits per heavy atom. The van der Waals surface area contributed by atoms with Crippen molar-refractivity contribution in [3.8, 4) is 0 Å². The number of likely N-dealkylation sites (tertiary alicyclic amines) is 1. The first-order valence-electron chi connectivity index (χ1n) is 13.7. The summed E-state index contributed by atoms with van der Waals surface area (Å²) in [5, 5.41) is 3.01.